The minimum atomic E-state index is -0.450. The van der Waals surface area contributed by atoms with Gasteiger partial charge in [-0.15, -0.1) is 11.8 Å². The zero-order valence-electron chi connectivity index (χ0n) is 22.5. The SMILES string of the molecule is C=C/C(C)=C(/C)C(=C)OCCCC(=O)N1CCSc2c(-c3cnn(Cc4cccc(C(N)=O)c4)c3)cccc21. The summed E-state index contributed by atoms with van der Waals surface area (Å²) in [6.45, 7) is 13.3. The number of nitrogens with zero attached hydrogens (tertiary/aromatic N) is 3. The van der Waals surface area contributed by atoms with E-state index in [9.17, 15) is 9.59 Å². The van der Waals surface area contributed by atoms with Crippen LogP contribution < -0.4 is 10.6 Å². The van der Waals surface area contributed by atoms with E-state index >= 15 is 0 Å². The van der Waals surface area contributed by atoms with Crippen LogP contribution in [0.3, 0.4) is 0 Å². The van der Waals surface area contributed by atoms with Crippen LogP contribution in [0.2, 0.25) is 0 Å². The highest BCUT2D eigenvalue weighted by Gasteiger charge is 2.25. The number of primary amides is 1. The molecule has 2 amide bonds. The summed E-state index contributed by atoms with van der Waals surface area (Å²) in [5, 5.41) is 4.54. The number of carbonyl (C=O) groups excluding carboxylic acids is 2. The van der Waals surface area contributed by atoms with E-state index in [-0.39, 0.29) is 5.91 Å². The Bertz CT molecular complexity index is 1440. The first-order valence-electron chi connectivity index (χ1n) is 12.9. The molecule has 0 atom stereocenters. The van der Waals surface area contributed by atoms with Crippen LogP contribution in [0.1, 0.15) is 42.6 Å². The third kappa shape index (κ3) is 6.70. The van der Waals surface area contributed by atoms with Crippen molar-refractivity contribution < 1.29 is 14.3 Å². The standard InChI is InChI=1S/C31H34N4O3S/c1-5-21(2)22(3)23(4)38-15-8-13-29(36)35-14-16-39-30-27(11-7-12-28(30)35)26-18-33-34(20-26)19-24-9-6-10-25(17-24)31(32)37/h5-7,9-12,17-18,20H,1,4,8,13-16,19H2,2-3H3,(H2,32,37)/b22-21-. The lowest BCUT2D eigenvalue weighted by Gasteiger charge is -2.30. The predicted molar refractivity (Wildman–Crippen MR) is 158 cm³/mol. The molecule has 3 aromatic rings. The Labute approximate surface area is 234 Å². The summed E-state index contributed by atoms with van der Waals surface area (Å²) < 4.78 is 7.61. The summed E-state index contributed by atoms with van der Waals surface area (Å²) in [4.78, 5) is 27.7. The first-order chi connectivity index (χ1) is 18.8. The van der Waals surface area contributed by atoms with Crippen molar-refractivity contribution in [1.82, 2.24) is 9.78 Å². The normalized spacial score (nSPS) is 13.3. The van der Waals surface area contributed by atoms with Gasteiger partial charge in [0.15, 0.2) is 0 Å². The highest BCUT2D eigenvalue weighted by Crippen LogP contribution is 2.42. The molecule has 1 aliphatic rings. The van der Waals surface area contributed by atoms with Crippen LogP contribution in [0, 0.1) is 0 Å². The van der Waals surface area contributed by atoms with E-state index in [0.717, 1.165) is 44.2 Å². The minimum Gasteiger partial charge on any atom is -0.494 e. The summed E-state index contributed by atoms with van der Waals surface area (Å²) in [7, 11) is 0. The Morgan fingerprint density at radius 2 is 2.00 bits per heavy atom. The Morgan fingerprint density at radius 1 is 1.21 bits per heavy atom. The van der Waals surface area contributed by atoms with E-state index < -0.39 is 5.91 Å². The quantitative estimate of drug-likeness (QED) is 0.183. The second-order valence-corrected chi connectivity index (χ2v) is 10.5. The zero-order chi connectivity index (χ0) is 27.9. The molecular weight excluding hydrogens is 508 g/mol. The molecule has 0 bridgehead atoms. The third-order valence-corrected chi connectivity index (χ3v) is 7.88. The number of aromatic nitrogens is 2. The molecule has 1 aromatic heterocycles. The average molecular weight is 543 g/mol. The molecule has 2 heterocycles. The number of ether oxygens (including phenoxy) is 1. The molecule has 0 spiro atoms. The summed E-state index contributed by atoms with van der Waals surface area (Å²) in [6.07, 6.45) is 6.61. The molecule has 0 saturated heterocycles. The lowest BCUT2D eigenvalue weighted by Crippen LogP contribution is -2.35. The highest BCUT2D eigenvalue weighted by atomic mass is 32.2. The summed E-state index contributed by atoms with van der Waals surface area (Å²) in [6, 6.07) is 13.3. The van der Waals surface area contributed by atoms with Crippen molar-refractivity contribution >= 4 is 29.3 Å². The molecule has 7 nitrogen and oxygen atoms in total. The van der Waals surface area contributed by atoms with Crippen molar-refractivity contribution in [2.45, 2.75) is 38.1 Å². The van der Waals surface area contributed by atoms with Gasteiger partial charge < -0.3 is 15.4 Å². The van der Waals surface area contributed by atoms with Crippen LogP contribution in [-0.4, -0.2) is 40.5 Å². The number of allylic oxidation sites excluding steroid dienone is 3. The monoisotopic (exact) mass is 542 g/mol. The number of rotatable bonds is 11. The van der Waals surface area contributed by atoms with Gasteiger partial charge in [-0.2, -0.15) is 5.10 Å². The lowest BCUT2D eigenvalue weighted by molar-refractivity contribution is -0.118. The molecule has 0 saturated carbocycles. The molecule has 2 aromatic carbocycles. The van der Waals surface area contributed by atoms with Crippen LogP contribution in [0.5, 0.6) is 0 Å². The fourth-order valence-corrected chi connectivity index (χ4v) is 5.51. The molecule has 8 heteroatoms. The number of amides is 2. The molecule has 202 valence electrons. The van der Waals surface area contributed by atoms with Crippen molar-refractivity contribution in [2.24, 2.45) is 5.73 Å². The number of carbonyl (C=O) groups is 2. The van der Waals surface area contributed by atoms with Gasteiger partial charge in [0.05, 0.1) is 25.0 Å². The minimum absolute atomic E-state index is 0.0856. The van der Waals surface area contributed by atoms with Gasteiger partial charge in [0, 0.05) is 46.5 Å². The van der Waals surface area contributed by atoms with Gasteiger partial charge in [-0.1, -0.05) is 43.5 Å². The molecule has 39 heavy (non-hydrogen) atoms. The van der Waals surface area contributed by atoms with Gasteiger partial charge >= 0.3 is 0 Å². The number of hydrogen-bond donors (Lipinski definition) is 1. The Balaban J connectivity index is 1.43. The van der Waals surface area contributed by atoms with E-state index in [1.54, 1.807) is 30.0 Å². The van der Waals surface area contributed by atoms with Crippen molar-refractivity contribution in [2.75, 3.05) is 23.8 Å². The number of hydrogen-bond acceptors (Lipinski definition) is 5. The van der Waals surface area contributed by atoms with Gasteiger partial charge in [0.2, 0.25) is 11.8 Å². The van der Waals surface area contributed by atoms with Gasteiger partial charge in [-0.25, -0.2) is 0 Å². The van der Waals surface area contributed by atoms with E-state index in [4.69, 9.17) is 10.5 Å². The second-order valence-electron chi connectivity index (χ2n) is 9.43. The number of anilines is 1. The average Bonchev–Trinajstić information content (AvgIpc) is 3.41. The third-order valence-electron chi connectivity index (χ3n) is 6.77. The number of benzene rings is 2. The van der Waals surface area contributed by atoms with Crippen LogP contribution in [0.25, 0.3) is 11.1 Å². The topological polar surface area (TPSA) is 90.4 Å². The summed E-state index contributed by atoms with van der Waals surface area (Å²) in [5.41, 5.74) is 11.8. The van der Waals surface area contributed by atoms with Gasteiger partial charge in [-0.3, -0.25) is 14.3 Å². The van der Waals surface area contributed by atoms with E-state index in [0.29, 0.717) is 43.9 Å². The largest absolute Gasteiger partial charge is 0.494 e. The molecule has 2 N–H and O–H groups in total. The number of nitrogens with two attached hydrogens (primary N) is 1. The fraction of sp³-hybridized carbons (Fsp3) is 0.258. The molecule has 0 unspecified atom stereocenters. The first-order valence-corrected chi connectivity index (χ1v) is 13.9. The van der Waals surface area contributed by atoms with E-state index in [2.05, 4.69) is 24.3 Å². The summed E-state index contributed by atoms with van der Waals surface area (Å²) >= 11 is 1.76. The van der Waals surface area contributed by atoms with Crippen molar-refractivity contribution in [3.63, 3.8) is 0 Å². The van der Waals surface area contributed by atoms with Gasteiger partial charge in [0.25, 0.3) is 0 Å². The van der Waals surface area contributed by atoms with Crippen LogP contribution >= 0.6 is 11.8 Å². The Kier molecular flexibility index (Phi) is 9.09. The smallest absolute Gasteiger partial charge is 0.248 e. The molecular formula is C31H34N4O3S. The maximum absolute atomic E-state index is 13.2. The highest BCUT2D eigenvalue weighted by molar-refractivity contribution is 7.99. The van der Waals surface area contributed by atoms with Crippen LogP contribution in [0.15, 0.2) is 95.9 Å². The Hall–Kier alpha value is -4.04. The lowest BCUT2D eigenvalue weighted by atomic mass is 10.1. The van der Waals surface area contributed by atoms with Crippen LogP contribution in [0.4, 0.5) is 5.69 Å². The maximum atomic E-state index is 13.2. The van der Waals surface area contributed by atoms with Crippen molar-refractivity contribution in [3.8, 4) is 11.1 Å². The molecule has 0 aliphatic carbocycles. The van der Waals surface area contributed by atoms with E-state index in [1.807, 2.05) is 60.1 Å². The molecule has 4 rings (SSSR count). The molecule has 1 aliphatic heterocycles. The zero-order valence-corrected chi connectivity index (χ0v) is 23.3. The maximum Gasteiger partial charge on any atom is 0.248 e. The predicted octanol–water partition coefficient (Wildman–Crippen LogP) is 5.97. The fourth-order valence-electron chi connectivity index (χ4n) is 4.37. The summed E-state index contributed by atoms with van der Waals surface area (Å²) in [5.74, 6) is 1.07. The Morgan fingerprint density at radius 3 is 2.77 bits per heavy atom. The molecule has 0 radical (unpaired) electrons. The number of thioether (sulfide) groups is 1. The molecule has 0 fully saturated rings. The van der Waals surface area contributed by atoms with Crippen LogP contribution in [-0.2, 0) is 16.1 Å². The number of fused-ring (bicyclic) bond motifs is 1. The van der Waals surface area contributed by atoms with Gasteiger partial charge in [-0.05, 0) is 55.2 Å². The van der Waals surface area contributed by atoms with Gasteiger partial charge in [0.1, 0.15) is 5.76 Å². The van der Waals surface area contributed by atoms with Crippen molar-refractivity contribution in [1.29, 1.82) is 0 Å². The second kappa shape index (κ2) is 12.7. The van der Waals surface area contributed by atoms with Crippen molar-refractivity contribution in [3.05, 3.63) is 102 Å². The first kappa shape index (κ1) is 28.0. The van der Waals surface area contributed by atoms with E-state index in [1.165, 1.54) is 0 Å².